The van der Waals surface area contributed by atoms with Crippen molar-refractivity contribution in [2.75, 3.05) is 13.3 Å². The SMILES string of the molecule is CCNCc1coc(Oc2ccc3c(c2)OCO3)n1. The quantitative estimate of drug-likeness (QED) is 0.892. The van der Waals surface area contributed by atoms with Crippen LogP contribution in [0.4, 0.5) is 0 Å². The number of fused-ring (bicyclic) bond motifs is 1. The third kappa shape index (κ3) is 2.63. The van der Waals surface area contributed by atoms with Gasteiger partial charge in [-0.2, -0.15) is 4.98 Å². The second-order valence-corrected chi connectivity index (χ2v) is 4.00. The van der Waals surface area contributed by atoms with Gasteiger partial charge in [0.1, 0.15) is 12.0 Å². The number of nitrogens with one attached hydrogen (secondary N) is 1. The van der Waals surface area contributed by atoms with E-state index in [4.69, 9.17) is 18.6 Å². The summed E-state index contributed by atoms with van der Waals surface area (Å²) in [6.07, 6.45) is 1.79. The van der Waals surface area contributed by atoms with Crippen LogP contribution in [0.3, 0.4) is 0 Å². The maximum absolute atomic E-state index is 5.52. The van der Waals surface area contributed by atoms with E-state index in [0.717, 1.165) is 12.2 Å². The lowest BCUT2D eigenvalue weighted by atomic mass is 10.3. The minimum absolute atomic E-state index is 0.215. The average Bonchev–Trinajstić information content (AvgIpc) is 3.05. The number of ether oxygens (including phenoxy) is 3. The molecule has 2 aromatic rings. The van der Waals surface area contributed by atoms with E-state index in [-0.39, 0.29) is 12.9 Å². The fourth-order valence-electron chi connectivity index (χ4n) is 1.71. The predicted molar refractivity (Wildman–Crippen MR) is 66.5 cm³/mol. The van der Waals surface area contributed by atoms with E-state index in [1.807, 2.05) is 6.92 Å². The van der Waals surface area contributed by atoms with E-state index in [1.165, 1.54) is 0 Å². The van der Waals surface area contributed by atoms with E-state index >= 15 is 0 Å². The van der Waals surface area contributed by atoms with Crippen molar-refractivity contribution in [1.82, 2.24) is 10.3 Å². The van der Waals surface area contributed by atoms with Gasteiger partial charge < -0.3 is 23.9 Å². The molecule has 2 heterocycles. The Morgan fingerprint density at radius 2 is 2.21 bits per heavy atom. The molecule has 1 aliphatic rings. The Labute approximate surface area is 110 Å². The molecule has 1 aromatic heterocycles. The second kappa shape index (κ2) is 5.19. The number of aromatic nitrogens is 1. The first kappa shape index (κ1) is 11.9. The Bertz CT molecular complexity index is 568. The summed E-state index contributed by atoms with van der Waals surface area (Å²) in [6, 6.07) is 5.32. The molecule has 6 nitrogen and oxygen atoms in total. The van der Waals surface area contributed by atoms with Crippen LogP contribution in [0.1, 0.15) is 12.6 Å². The van der Waals surface area contributed by atoms with Crippen molar-refractivity contribution in [3.05, 3.63) is 30.2 Å². The van der Waals surface area contributed by atoms with E-state index in [0.29, 0.717) is 23.8 Å². The highest BCUT2D eigenvalue weighted by atomic mass is 16.7. The maximum atomic E-state index is 5.52. The molecule has 6 heteroatoms. The van der Waals surface area contributed by atoms with Gasteiger partial charge in [0.25, 0.3) is 0 Å². The molecule has 0 unspecified atom stereocenters. The van der Waals surface area contributed by atoms with Crippen molar-refractivity contribution in [2.45, 2.75) is 13.5 Å². The molecule has 1 aliphatic heterocycles. The van der Waals surface area contributed by atoms with Crippen molar-refractivity contribution in [2.24, 2.45) is 0 Å². The summed E-state index contributed by atoms with van der Waals surface area (Å²) in [5, 5.41) is 3.16. The summed E-state index contributed by atoms with van der Waals surface area (Å²) >= 11 is 0. The molecule has 0 bridgehead atoms. The topological polar surface area (TPSA) is 65.8 Å². The molecule has 100 valence electrons. The van der Waals surface area contributed by atoms with Gasteiger partial charge in [-0.1, -0.05) is 6.92 Å². The lowest BCUT2D eigenvalue weighted by Crippen LogP contribution is -2.11. The highest BCUT2D eigenvalue weighted by Crippen LogP contribution is 2.36. The molecular weight excluding hydrogens is 248 g/mol. The summed E-state index contributed by atoms with van der Waals surface area (Å²) in [5.41, 5.74) is 0.803. The molecular formula is C13H14N2O4. The maximum Gasteiger partial charge on any atom is 0.399 e. The minimum atomic E-state index is 0.215. The second-order valence-electron chi connectivity index (χ2n) is 4.00. The first-order valence-electron chi connectivity index (χ1n) is 6.08. The molecule has 0 radical (unpaired) electrons. The van der Waals surface area contributed by atoms with E-state index in [2.05, 4.69) is 10.3 Å². The molecule has 0 saturated heterocycles. The molecule has 0 saturated carbocycles. The first-order chi connectivity index (χ1) is 9.35. The van der Waals surface area contributed by atoms with Crippen molar-refractivity contribution in [1.29, 1.82) is 0 Å². The number of benzene rings is 1. The Balaban J connectivity index is 1.69. The van der Waals surface area contributed by atoms with Crippen molar-refractivity contribution < 1.29 is 18.6 Å². The monoisotopic (exact) mass is 262 g/mol. The summed E-state index contributed by atoms with van der Waals surface area (Å²) in [5.74, 6) is 1.98. The van der Waals surface area contributed by atoms with Crippen LogP contribution in [0.15, 0.2) is 28.9 Å². The molecule has 19 heavy (non-hydrogen) atoms. The summed E-state index contributed by atoms with van der Waals surface area (Å²) < 4.78 is 21.3. The van der Waals surface area contributed by atoms with E-state index in [9.17, 15) is 0 Å². The molecule has 0 spiro atoms. The first-order valence-corrected chi connectivity index (χ1v) is 6.08. The molecule has 0 aliphatic carbocycles. The van der Waals surface area contributed by atoms with Crippen LogP contribution >= 0.6 is 0 Å². The lowest BCUT2D eigenvalue weighted by molar-refractivity contribution is 0.174. The number of hydrogen-bond acceptors (Lipinski definition) is 6. The lowest BCUT2D eigenvalue weighted by Gasteiger charge is -2.01. The highest BCUT2D eigenvalue weighted by molar-refractivity contribution is 5.47. The summed E-state index contributed by atoms with van der Waals surface area (Å²) in [4.78, 5) is 4.21. The standard InChI is InChI=1S/C13H14N2O4/c1-2-14-6-9-7-16-13(15-9)19-10-3-4-11-12(5-10)18-8-17-11/h3-5,7,14H,2,6,8H2,1H3. The van der Waals surface area contributed by atoms with Gasteiger partial charge in [0.2, 0.25) is 6.79 Å². The fraction of sp³-hybridized carbons (Fsp3) is 0.308. The van der Waals surface area contributed by atoms with Crippen LogP contribution in [-0.4, -0.2) is 18.3 Å². The largest absolute Gasteiger partial charge is 0.454 e. The van der Waals surface area contributed by atoms with E-state index < -0.39 is 0 Å². The van der Waals surface area contributed by atoms with Crippen LogP contribution in [0.25, 0.3) is 0 Å². The van der Waals surface area contributed by atoms with Crippen LogP contribution in [0, 0.1) is 0 Å². The molecule has 1 N–H and O–H groups in total. The number of oxazole rings is 1. The Morgan fingerprint density at radius 1 is 1.32 bits per heavy atom. The smallest absolute Gasteiger partial charge is 0.399 e. The summed E-state index contributed by atoms with van der Waals surface area (Å²) in [6.45, 7) is 3.81. The van der Waals surface area contributed by atoms with Gasteiger partial charge in [-0.3, -0.25) is 0 Å². The average molecular weight is 262 g/mol. The van der Waals surface area contributed by atoms with Gasteiger partial charge >= 0.3 is 6.08 Å². The zero-order chi connectivity index (χ0) is 13.1. The van der Waals surface area contributed by atoms with Gasteiger partial charge in [-0.25, -0.2) is 0 Å². The van der Waals surface area contributed by atoms with Crippen LogP contribution < -0.4 is 19.5 Å². The van der Waals surface area contributed by atoms with Gasteiger partial charge in [-0.05, 0) is 18.7 Å². The molecule has 3 rings (SSSR count). The molecule has 0 amide bonds. The van der Waals surface area contributed by atoms with Gasteiger partial charge in [-0.15, -0.1) is 0 Å². The fourth-order valence-corrected chi connectivity index (χ4v) is 1.71. The predicted octanol–water partition coefficient (Wildman–Crippen LogP) is 2.31. The molecule has 0 atom stereocenters. The number of rotatable bonds is 5. The zero-order valence-electron chi connectivity index (χ0n) is 10.5. The van der Waals surface area contributed by atoms with Crippen LogP contribution in [0.2, 0.25) is 0 Å². The Morgan fingerprint density at radius 3 is 3.11 bits per heavy atom. The number of hydrogen-bond donors (Lipinski definition) is 1. The summed E-state index contributed by atoms with van der Waals surface area (Å²) in [7, 11) is 0. The Kier molecular flexibility index (Phi) is 3.24. The normalized spacial score (nSPS) is 12.7. The highest BCUT2D eigenvalue weighted by Gasteiger charge is 2.15. The third-order valence-corrected chi connectivity index (χ3v) is 2.64. The van der Waals surface area contributed by atoms with Crippen molar-refractivity contribution in [3.63, 3.8) is 0 Å². The van der Waals surface area contributed by atoms with Gasteiger partial charge in [0.15, 0.2) is 11.5 Å². The van der Waals surface area contributed by atoms with Crippen molar-refractivity contribution >= 4 is 0 Å². The third-order valence-electron chi connectivity index (χ3n) is 2.64. The van der Waals surface area contributed by atoms with Crippen LogP contribution in [0.5, 0.6) is 23.3 Å². The van der Waals surface area contributed by atoms with E-state index in [1.54, 1.807) is 24.5 Å². The number of nitrogens with zero attached hydrogens (tertiary/aromatic N) is 1. The van der Waals surface area contributed by atoms with Gasteiger partial charge in [0, 0.05) is 12.6 Å². The molecule has 1 aromatic carbocycles. The minimum Gasteiger partial charge on any atom is -0.454 e. The Hall–Kier alpha value is -2.21. The zero-order valence-corrected chi connectivity index (χ0v) is 10.5. The molecule has 0 fully saturated rings. The van der Waals surface area contributed by atoms with Crippen LogP contribution in [-0.2, 0) is 6.54 Å². The van der Waals surface area contributed by atoms with Crippen molar-refractivity contribution in [3.8, 4) is 23.3 Å². The van der Waals surface area contributed by atoms with Gasteiger partial charge in [0.05, 0.1) is 5.69 Å².